The summed E-state index contributed by atoms with van der Waals surface area (Å²) in [5, 5.41) is 0.328. The molecule has 2 heterocycles. The Bertz CT molecular complexity index is 2560. The Balaban J connectivity index is 0.000000189. The summed E-state index contributed by atoms with van der Waals surface area (Å²) in [7, 11) is 1.16. The average molecular weight is 884 g/mol. The van der Waals surface area contributed by atoms with Gasteiger partial charge < -0.3 is 19.9 Å². The molecule has 0 unspecified atom stereocenters. The van der Waals surface area contributed by atoms with Crippen molar-refractivity contribution >= 4 is 35.7 Å². The summed E-state index contributed by atoms with van der Waals surface area (Å²) < 4.78 is 86.4. The van der Waals surface area contributed by atoms with Crippen LogP contribution >= 0.6 is 11.6 Å². The fourth-order valence-electron chi connectivity index (χ4n) is 8.00. The molecule has 63 heavy (non-hydrogen) atoms. The van der Waals surface area contributed by atoms with Crippen LogP contribution < -0.4 is 5.73 Å². The minimum atomic E-state index is -1.70. The highest BCUT2D eigenvalue weighted by Gasteiger charge is 2.59. The van der Waals surface area contributed by atoms with Crippen LogP contribution in [0.4, 0.5) is 31.5 Å². The third-order valence-electron chi connectivity index (χ3n) is 10.7. The summed E-state index contributed by atoms with van der Waals surface area (Å²) in [6.07, 6.45) is -1.71. The zero-order chi connectivity index (χ0) is 45.1. The van der Waals surface area contributed by atoms with Crippen LogP contribution in [0.15, 0.2) is 146 Å². The highest BCUT2D eigenvalue weighted by Crippen LogP contribution is 2.55. The van der Waals surface area contributed by atoms with E-state index >= 15 is 4.39 Å². The zero-order valence-electron chi connectivity index (χ0n) is 33.0. The van der Waals surface area contributed by atoms with Gasteiger partial charge in [0.2, 0.25) is 5.91 Å². The first-order chi connectivity index (χ1) is 30.2. The molecule has 3 amide bonds. The SMILES string of the molecule is COC(=O)CN1C(=O)OC(c2ccc(F)cc2)(c2ccc(F)cc2)[C@@H]1c1ccccc1F.NC(=O)CN1C(=O)OC(c2ccc(F)cc2)(c2ccc(F)cc2)[C@@H]1c1ccccc1Cl. The van der Waals surface area contributed by atoms with E-state index in [4.69, 9.17) is 31.5 Å². The molecule has 2 saturated heterocycles. The fraction of sp³-hybridized carbons (Fsp3) is 0.149. The van der Waals surface area contributed by atoms with E-state index in [2.05, 4.69) is 0 Å². The number of ether oxygens (including phenoxy) is 3. The third-order valence-corrected chi connectivity index (χ3v) is 11.0. The molecule has 10 nitrogen and oxygen atoms in total. The van der Waals surface area contributed by atoms with E-state index in [1.165, 1.54) is 120 Å². The van der Waals surface area contributed by atoms with Gasteiger partial charge in [-0.05, 0) is 66.2 Å². The number of nitrogens with two attached hydrogens (primary N) is 1. The Labute approximate surface area is 362 Å². The van der Waals surface area contributed by atoms with Gasteiger partial charge >= 0.3 is 18.2 Å². The number of methoxy groups -OCH3 is 1. The lowest BCUT2D eigenvalue weighted by atomic mass is 9.77. The fourth-order valence-corrected chi connectivity index (χ4v) is 8.23. The molecule has 0 aromatic heterocycles. The van der Waals surface area contributed by atoms with Gasteiger partial charge in [0.15, 0.2) is 11.2 Å². The van der Waals surface area contributed by atoms with E-state index in [0.29, 0.717) is 32.8 Å². The summed E-state index contributed by atoms with van der Waals surface area (Å²) >= 11 is 6.48. The van der Waals surface area contributed by atoms with Gasteiger partial charge in [-0.2, -0.15) is 0 Å². The number of nitrogens with zero attached hydrogens (tertiary/aromatic N) is 2. The summed E-state index contributed by atoms with van der Waals surface area (Å²) in [6.45, 7) is -0.947. The number of hydrogen-bond acceptors (Lipinski definition) is 7. The molecule has 2 fully saturated rings. The second kappa shape index (κ2) is 18.0. The molecule has 16 heteroatoms. The summed E-state index contributed by atoms with van der Waals surface area (Å²) in [6, 6.07) is 31.6. The monoisotopic (exact) mass is 883 g/mol. The smallest absolute Gasteiger partial charge is 0.412 e. The Hall–Kier alpha value is -7.26. The van der Waals surface area contributed by atoms with E-state index in [1.54, 1.807) is 30.3 Å². The van der Waals surface area contributed by atoms with E-state index in [-0.39, 0.29) is 5.56 Å². The van der Waals surface area contributed by atoms with Crippen LogP contribution in [0.3, 0.4) is 0 Å². The maximum absolute atomic E-state index is 15.0. The maximum atomic E-state index is 15.0. The van der Waals surface area contributed by atoms with Crippen molar-refractivity contribution in [3.05, 3.63) is 213 Å². The molecule has 0 radical (unpaired) electrons. The van der Waals surface area contributed by atoms with Crippen LogP contribution in [0.2, 0.25) is 5.02 Å². The standard InChI is InChI=1S/C24H18F3NO4.C23H17ClF2N2O3/c1-31-21(29)14-28-22(19-4-2-3-5-20(19)27)24(32-23(28)30,15-6-10-17(25)11-7-15)16-8-12-18(26)13-9-16;24-19-4-2-1-3-18(19)21-23(14-5-9-16(25)10-6-14,15-7-11-17(26)12-8-15)31-22(30)28(21)13-20(27)29/h2-13,22H,14H2,1H3;1-12,21H,13H2,(H2,27,29)/t22-;21-/m00/s1. The molecular weight excluding hydrogens is 849 g/mol. The minimum Gasteiger partial charge on any atom is -0.468 e. The highest BCUT2D eigenvalue weighted by molar-refractivity contribution is 6.31. The van der Waals surface area contributed by atoms with Gasteiger partial charge in [0.25, 0.3) is 0 Å². The molecule has 2 aliphatic heterocycles. The first-order valence-corrected chi connectivity index (χ1v) is 19.4. The third kappa shape index (κ3) is 8.39. The Kier molecular flexibility index (Phi) is 12.5. The molecular formula is C47H35ClF5N3O7. The first-order valence-electron chi connectivity index (χ1n) is 19.1. The molecule has 0 bridgehead atoms. The van der Waals surface area contributed by atoms with Crippen LogP contribution in [-0.4, -0.2) is 54.1 Å². The number of benzene rings is 6. The quantitative estimate of drug-likeness (QED) is 0.0826. The lowest BCUT2D eigenvalue weighted by Gasteiger charge is -2.36. The van der Waals surface area contributed by atoms with E-state index in [1.807, 2.05) is 0 Å². The van der Waals surface area contributed by atoms with Gasteiger partial charge in [-0.15, -0.1) is 0 Å². The number of carbonyl (C=O) groups excluding carboxylic acids is 4. The van der Waals surface area contributed by atoms with Gasteiger partial charge in [0.1, 0.15) is 54.3 Å². The molecule has 0 aliphatic carbocycles. The van der Waals surface area contributed by atoms with Crippen LogP contribution in [-0.2, 0) is 35.0 Å². The van der Waals surface area contributed by atoms with Crippen molar-refractivity contribution in [3.8, 4) is 0 Å². The molecule has 2 atom stereocenters. The predicted molar refractivity (Wildman–Crippen MR) is 218 cm³/mol. The summed E-state index contributed by atoms with van der Waals surface area (Å²) in [4.78, 5) is 52.1. The largest absolute Gasteiger partial charge is 0.468 e. The predicted octanol–water partition coefficient (Wildman–Crippen LogP) is 9.25. The lowest BCUT2D eigenvalue weighted by molar-refractivity contribution is -0.141. The van der Waals surface area contributed by atoms with Crippen molar-refractivity contribution in [1.82, 2.24) is 9.80 Å². The van der Waals surface area contributed by atoms with Crippen molar-refractivity contribution in [1.29, 1.82) is 0 Å². The van der Waals surface area contributed by atoms with Crippen molar-refractivity contribution in [2.24, 2.45) is 5.73 Å². The van der Waals surface area contributed by atoms with Gasteiger partial charge in [-0.25, -0.2) is 31.5 Å². The minimum absolute atomic E-state index is 0.0657. The maximum Gasteiger partial charge on any atom is 0.412 e. The van der Waals surface area contributed by atoms with Gasteiger partial charge in [0.05, 0.1) is 7.11 Å². The van der Waals surface area contributed by atoms with Crippen molar-refractivity contribution in [3.63, 3.8) is 0 Å². The molecule has 6 aromatic carbocycles. The van der Waals surface area contributed by atoms with Crippen LogP contribution in [0.25, 0.3) is 0 Å². The number of carbonyl (C=O) groups is 4. The number of halogens is 6. The number of cyclic esters (lactones) is 2. The molecule has 0 spiro atoms. The van der Waals surface area contributed by atoms with E-state index < -0.39 is 89.5 Å². The molecule has 0 saturated carbocycles. The first kappa shape index (κ1) is 43.8. The average Bonchev–Trinajstić information content (AvgIpc) is 3.72. The van der Waals surface area contributed by atoms with Crippen molar-refractivity contribution in [2.75, 3.05) is 20.2 Å². The molecule has 322 valence electrons. The second-order valence-electron chi connectivity index (χ2n) is 14.4. The van der Waals surface area contributed by atoms with Crippen LogP contribution in [0.5, 0.6) is 0 Å². The summed E-state index contributed by atoms with van der Waals surface area (Å²) in [5.74, 6) is -4.14. The summed E-state index contributed by atoms with van der Waals surface area (Å²) in [5.41, 5.74) is 4.19. The Morgan fingerprint density at radius 3 is 1.29 bits per heavy atom. The van der Waals surface area contributed by atoms with Gasteiger partial charge in [-0.3, -0.25) is 19.4 Å². The second-order valence-corrected chi connectivity index (χ2v) is 14.8. The number of hydrogen-bond donors (Lipinski definition) is 1. The van der Waals surface area contributed by atoms with E-state index in [0.717, 1.165) is 12.0 Å². The molecule has 2 N–H and O–H groups in total. The number of primary amides is 1. The van der Waals surface area contributed by atoms with E-state index in [9.17, 15) is 36.7 Å². The van der Waals surface area contributed by atoms with Gasteiger partial charge in [0, 0.05) is 32.8 Å². The Morgan fingerprint density at radius 2 is 0.921 bits per heavy atom. The Morgan fingerprint density at radius 1 is 0.571 bits per heavy atom. The normalized spacial score (nSPS) is 17.3. The number of amides is 3. The topological polar surface area (TPSA) is 128 Å². The lowest BCUT2D eigenvalue weighted by Crippen LogP contribution is -2.41. The highest BCUT2D eigenvalue weighted by atomic mass is 35.5. The molecule has 6 aromatic rings. The zero-order valence-corrected chi connectivity index (χ0v) is 33.8. The van der Waals surface area contributed by atoms with Crippen molar-refractivity contribution < 1.29 is 55.3 Å². The molecule has 2 aliphatic rings. The number of rotatable bonds is 10. The van der Waals surface area contributed by atoms with Crippen LogP contribution in [0, 0.1) is 29.1 Å². The van der Waals surface area contributed by atoms with Gasteiger partial charge in [-0.1, -0.05) is 96.5 Å². The molecule has 8 rings (SSSR count). The number of esters is 1. The van der Waals surface area contributed by atoms with Crippen LogP contribution in [0.1, 0.15) is 45.5 Å². The van der Waals surface area contributed by atoms with Crippen molar-refractivity contribution in [2.45, 2.75) is 23.3 Å².